The molecule has 2 aromatic rings. The summed E-state index contributed by atoms with van der Waals surface area (Å²) in [6.07, 6.45) is 1.76. The molecule has 7 heteroatoms. The van der Waals surface area contributed by atoms with E-state index in [9.17, 15) is 9.59 Å². The summed E-state index contributed by atoms with van der Waals surface area (Å²) in [5, 5.41) is 11.6. The first-order chi connectivity index (χ1) is 9.38. The molecular formula is C13H10BrClN2O3. The van der Waals surface area contributed by atoms with Gasteiger partial charge in [-0.15, -0.1) is 0 Å². The molecule has 0 fully saturated rings. The number of hydrogen-bond donors (Lipinski definition) is 2. The first kappa shape index (κ1) is 14.6. The molecule has 1 amide bonds. The Kier molecular flexibility index (Phi) is 4.15. The van der Waals surface area contributed by atoms with Crippen molar-refractivity contribution in [1.82, 2.24) is 4.57 Å². The summed E-state index contributed by atoms with van der Waals surface area (Å²) >= 11 is 9.13. The molecule has 1 aromatic heterocycles. The normalized spacial score (nSPS) is 10.3. The van der Waals surface area contributed by atoms with Crippen LogP contribution in [0.4, 0.5) is 5.69 Å². The molecule has 0 spiro atoms. The number of rotatable bonds is 3. The topological polar surface area (TPSA) is 71.3 Å². The van der Waals surface area contributed by atoms with E-state index >= 15 is 0 Å². The van der Waals surface area contributed by atoms with Gasteiger partial charge < -0.3 is 15.0 Å². The summed E-state index contributed by atoms with van der Waals surface area (Å²) in [6, 6.07) is 5.93. The number of benzene rings is 1. The molecule has 5 nitrogen and oxygen atoms in total. The fraction of sp³-hybridized carbons (Fsp3) is 0.0769. The van der Waals surface area contributed by atoms with E-state index < -0.39 is 5.97 Å². The molecule has 0 aliphatic carbocycles. The van der Waals surface area contributed by atoms with Crippen LogP contribution in [0.15, 0.2) is 34.9 Å². The van der Waals surface area contributed by atoms with E-state index in [1.54, 1.807) is 23.9 Å². The van der Waals surface area contributed by atoms with Crippen LogP contribution in [-0.2, 0) is 7.05 Å². The van der Waals surface area contributed by atoms with E-state index in [-0.39, 0.29) is 16.5 Å². The fourth-order valence-corrected chi connectivity index (χ4v) is 2.50. The molecule has 2 N–H and O–H groups in total. The number of carboxylic acid groups (broad SMARTS) is 1. The average Bonchev–Trinajstić information content (AvgIpc) is 2.68. The van der Waals surface area contributed by atoms with Crippen molar-refractivity contribution >= 4 is 45.1 Å². The van der Waals surface area contributed by atoms with Gasteiger partial charge in [0.1, 0.15) is 5.69 Å². The van der Waals surface area contributed by atoms with Crippen molar-refractivity contribution in [2.75, 3.05) is 5.32 Å². The second-order valence-electron chi connectivity index (χ2n) is 4.11. The summed E-state index contributed by atoms with van der Waals surface area (Å²) in [5.74, 6) is -1.42. The van der Waals surface area contributed by atoms with Gasteiger partial charge in [-0.1, -0.05) is 11.6 Å². The number of nitrogens with zero attached hydrogens (tertiary/aromatic N) is 1. The van der Waals surface area contributed by atoms with Crippen molar-refractivity contribution in [3.05, 3.63) is 51.2 Å². The number of aromatic nitrogens is 1. The van der Waals surface area contributed by atoms with E-state index in [4.69, 9.17) is 16.7 Å². The van der Waals surface area contributed by atoms with Gasteiger partial charge in [0.25, 0.3) is 5.91 Å². The van der Waals surface area contributed by atoms with Crippen molar-refractivity contribution in [1.29, 1.82) is 0 Å². The molecule has 0 bridgehead atoms. The molecule has 0 aliphatic rings. The lowest BCUT2D eigenvalue weighted by atomic mass is 10.2. The van der Waals surface area contributed by atoms with Crippen LogP contribution in [0.25, 0.3) is 0 Å². The van der Waals surface area contributed by atoms with Crippen LogP contribution < -0.4 is 5.32 Å². The Morgan fingerprint density at radius 1 is 1.35 bits per heavy atom. The van der Waals surface area contributed by atoms with Gasteiger partial charge in [0, 0.05) is 23.4 Å². The number of carbonyl (C=O) groups excluding carboxylic acids is 1. The number of aromatic carboxylic acids is 1. The predicted octanol–water partition coefficient (Wildman–Crippen LogP) is 3.39. The van der Waals surface area contributed by atoms with Crippen LogP contribution >= 0.6 is 27.5 Å². The van der Waals surface area contributed by atoms with Crippen LogP contribution in [0.5, 0.6) is 0 Å². The molecule has 0 saturated heterocycles. The lowest BCUT2D eigenvalue weighted by molar-refractivity contribution is 0.0697. The first-order valence-corrected chi connectivity index (χ1v) is 6.71. The molecule has 0 saturated carbocycles. The summed E-state index contributed by atoms with van der Waals surface area (Å²) in [4.78, 5) is 22.9. The van der Waals surface area contributed by atoms with Gasteiger partial charge in [-0.05, 0) is 40.2 Å². The second kappa shape index (κ2) is 5.68. The number of amides is 1. The van der Waals surface area contributed by atoms with Crippen LogP contribution in [0, 0.1) is 0 Å². The SMILES string of the molecule is Cn1cc(Br)cc1C(=O)Nc1ccc(C(=O)O)c(Cl)c1. The zero-order valence-corrected chi connectivity index (χ0v) is 12.7. The third kappa shape index (κ3) is 3.02. The molecule has 1 heterocycles. The summed E-state index contributed by atoms with van der Waals surface area (Å²) < 4.78 is 2.47. The zero-order chi connectivity index (χ0) is 14.9. The van der Waals surface area contributed by atoms with Crippen LogP contribution in [0.1, 0.15) is 20.8 Å². The molecule has 0 radical (unpaired) electrons. The highest BCUT2D eigenvalue weighted by molar-refractivity contribution is 9.10. The van der Waals surface area contributed by atoms with E-state index in [1.165, 1.54) is 18.2 Å². The Labute approximate surface area is 128 Å². The van der Waals surface area contributed by atoms with E-state index in [2.05, 4.69) is 21.2 Å². The number of carbonyl (C=O) groups is 2. The summed E-state index contributed by atoms with van der Waals surface area (Å²) in [7, 11) is 1.75. The van der Waals surface area contributed by atoms with Gasteiger partial charge in [-0.2, -0.15) is 0 Å². The highest BCUT2D eigenvalue weighted by atomic mass is 79.9. The van der Waals surface area contributed by atoms with Crippen LogP contribution in [0.3, 0.4) is 0 Å². The monoisotopic (exact) mass is 356 g/mol. The lowest BCUT2D eigenvalue weighted by Gasteiger charge is -2.07. The van der Waals surface area contributed by atoms with Crippen molar-refractivity contribution in [3.63, 3.8) is 0 Å². The second-order valence-corrected chi connectivity index (χ2v) is 5.43. The Balaban J connectivity index is 2.22. The highest BCUT2D eigenvalue weighted by Gasteiger charge is 2.13. The number of aryl methyl sites for hydroxylation is 1. The molecule has 0 atom stereocenters. The number of carboxylic acids is 1. The van der Waals surface area contributed by atoms with Gasteiger partial charge in [0.2, 0.25) is 0 Å². The largest absolute Gasteiger partial charge is 0.478 e. The van der Waals surface area contributed by atoms with Gasteiger partial charge in [-0.25, -0.2) is 4.79 Å². The van der Waals surface area contributed by atoms with Gasteiger partial charge in [-0.3, -0.25) is 4.79 Å². The molecule has 104 valence electrons. The third-order valence-electron chi connectivity index (χ3n) is 2.66. The number of halogens is 2. The average molecular weight is 358 g/mol. The molecule has 1 aromatic carbocycles. The molecule has 2 rings (SSSR count). The minimum absolute atomic E-state index is 0.00808. The summed E-state index contributed by atoms with van der Waals surface area (Å²) in [6.45, 7) is 0. The number of anilines is 1. The molecule has 20 heavy (non-hydrogen) atoms. The van der Waals surface area contributed by atoms with Gasteiger partial charge in [0.15, 0.2) is 0 Å². The van der Waals surface area contributed by atoms with Crippen LogP contribution in [0.2, 0.25) is 5.02 Å². The van der Waals surface area contributed by atoms with Crippen molar-refractivity contribution in [3.8, 4) is 0 Å². The van der Waals surface area contributed by atoms with Gasteiger partial charge in [0.05, 0.1) is 10.6 Å². The number of nitrogens with one attached hydrogen (secondary N) is 1. The highest BCUT2D eigenvalue weighted by Crippen LogP contribution is 2.22. The fourth-order valence-electron chi connectivity index (χ4n) is 1.71. The maximum Gasteiger partial charge on any atom is 0.337 e. The quantitative estimate of drug-likeness (QED) is 0.884. The van der Waals surface area contributed by atoms with Crippen molar-refractivity contribution < 1.29 is 14.7 Å². The van der Waals surface area contributed by atoms with E-state index in [0.717, 1.165) is 4.47 Å². The molecule has 0 aliphatic heterocycles. The Morgan fingerprint density at radius 2 is 2.05 bits per heavy atom. The summed E-state index contributed by atoms with van der Waals surface area (Å²) in [5.41, 5.74) is 0.893. The minimum Gasteiger partial charge on any atom is -0.478 e. The zero-order valence-electron chi connectivity index (χ0n) is 10.4. The van der Waals surface area contributed by atoms with E-state index in [0.29, 0.717) is 11.4 Å². The maximum atomic E-state index is 12.1. The predicted molar refractivity (Wildman–Crippen MR) is 79.5 cm³/mol. The Bertz CT molecular complexity index is 697. The first-order valence-electron chi connectivity index (χ1n) is 5.54. The third-order valence-corrected chi connectivity index (χ3v) is 3.41. The smallest absolute Gasteiger partial charge is 0.337 e. The molecule has 0 unspecified atom stereocenters. The standard InChI is InChI=1S/C13H10BrClN2O3/c1-17-6-7(14)4-11(17)12(18)16-8-2-3-9(13(19)20)10(15)5-8/h2-6H,1H3,(H,16,18)(H,19,20). The van der Waals surface area contributed by atoms with Crippen LogP contribution in [-0.4, -0.2) is 21.6 Å². The van der Waals surface area contributed by atoms with E-state index in [1.807, 2.05) is 0 Å². The van der Waals surface area contributed by atoms with Gasteiger partial charge >= 0.3 is 5.97 Å². The Morgan fingerprint density at radius 3 is 2.55 bits per heavy atom. The minimum atomic E-state index is -1.11. The Hall–Kier alpha value is -1.79. The van der Waals surface area contributed by atoms with Crippen molar-refractivity contribution in [2.45, 2.75) is 0 Å². The van der Waals surface area contributed by atoms with Crippen molar-refractivity contribution in [2.24, 2.45) is 7.05 Å². The number of hydrogen-bond acceptors (Lipinski definition) is 2. The maximum absolute atomic E-state index is 12.1. The lowest BCUT2D eigenvalue weighted by Crippen LogP contribution is -2.15. The molecular weight excluding hydrogens is 348 g/mol.